The molecule has 1 N–H and O–H groups in total. The second-order valence-electron chi connectivity index (χ2n) is 35.4. The molecule has 0 aliphatic heterocycles. The van der Waals surface area contributed by atoms with E-state index in [0.29, 0.717) is 32.9 Å². The number of methoxy groups -OCH3 is 4. The first-order valence-corrected chi connectivity index (χ1v) is 49.8. The van der Waals surface area contributed by atoms with Gasteiger partial charge in [-0.15, -0.1) is 0 Å². The van der Waals surface area contributed by atoms with E-state index >= 15 is 0 Å². The molecule has 5 aromatic carbocycles. The maximum Gasteiger partial charge on any atom is 0.188 e. The van der Waals surface area contributed by atoms with Crippen LogP contribution in [0.15, 0.2) is 109 Å². The van der Waals surface area contributed by atoms with Crippen molar-refractivity contribution in [2.75, 3.05) is 55.6 Å². The Morgan fingerprint density at radius 1 is 0.284 bits per heavy atom. The molecule has 0 amide bonds. The summed E-state index contributed by atoms with van der Waals surface area (Å²) < 4.78 is 43.4. The Morgan fingerprint density at radius 3 is 0.853 bits per heavy atom. The molecule has 0 heterocycles. The van der Waals surface area contributed by atoms with Gasteiger partial charge in [-0.05, 0) is 75.0 Å². The van der Waals surface area contributed by atoms with Crippen LogP contribution in [-0.4, -0.2) is 126 Å². The van der Waals surface area contributed by atoms with Crippen molar-refractivity contribution >= 4 is 92.7 Å². The van der Waals surface area contributed by atoms with Crippen LogP contribution in [0, 0.1) is 0 Å². The summed E-state index contributed by atoms with van der Waals surface area (Å²) in [6.07, 6.45) is 0. The third kappa shape index (κ3) is 29.8. The van der Waals surface area contributed by atoms with Gasteiger partial charge < -0.3 is 43.0 Å². The molecule has 0 saturated carbocycles. The first kappa shape index (κ1) is 90.3. The van der Waals surface area contributed by atoms with Gasteiger partial charge in [-0.3, -0.25) is 0 Å². The zero-order valence-corrected chi connectivity index (χ0v) is 73.8. The zero-order chi connectivity index (χ0) is 74.0. The molecule has 16 heteroatoms. The van der Waals surface area contributed by atoms with Crippen molar-refractivity contribution in [1.29, 1.82) is 0 Å². The summed E-state index contributed by atoms with van der Waals surface area (Å²) in [6, 6.07) is 37.8. The number of hydrogen-bond acceptors (Lipinski definition) is 9. The quantitative estimate of drug-likeness (QED) is 0.0493. The van der Waals surface area contributed by atoms with E-state index in [1.54, 1.807) is 28.4 Å². The van der Waals surface area contributed by atoms with Crippen LogP contribution in [0.1, 0.15) is 166 Å². The lowest BCUT2D eigenvalue weighted by molar-refractivity contribution is 0.0511. The van der Waals surface area contributed by atoms with Gasteiger partial charge in [0.15, 0.2) is 27.2 Å². The first-order valence-electron chi connectivity index (χ1n) is 33.9. The number of phenolic OH excluding ortho intramolecular Hbond substituents is 1. The number of hydrogen-bond donors (Lipinski definition) is 1. The van der Waals surface area contributed by atoms with Crippen molar-refractivity contribution < 1.29 is 43.0 Å². The third-order valence-corrected chi connectivity index (χ3v) is 34.8. The van der Waals surface area contributed by atoms with Gasteiger partial charge in [0.2, 0.25) is 0 Å². The van der Waals surface area contributed by atoms with Crippen LogP contribution in [0.5, 0.6) is 28.7 Å². The standard InChI is InChI=1S/2C19H35O2PSi.C17H31OPSi.C16H27O2P.C8H10O2/c2*1-18(2,3)22(19(4,5)6)15-12-11-13-16(23(8,9)10)17(15)21-14-20-7;1-16(2,3)19(17(4,5)6)13-11-10-12-14(15(13)18)20(7,8)9;1-15(2,3)19(16(4,5)6)14-11-9-8-10-13(14)18-12-17-7;1-9-7-10-8-5-3-2-4-6-8/h2*11-13H,14H2,1-10H3;10-12,18H,1-9H3;8-11H,12H2,1-7H3;2-6H,7H2,1H3. The van der Waals surface area contributed by atoms with Crippen LogP contribution in [0.4, 0.5) is 0 Å². The minimum Gasteiger partial charge on any atom is -0.507 e. The van der Waals surface area contributed by atoms with E-state index in [1.165, 1.54) is 36.8 Å². The fraction of sp³-hybridized carbons (Fsp3) is 0.620. The van der Waals surface area contributed by atoms with Crippen LogP contribution in [-0.2, 0) is 18.9 Å². The maximum absolute atomic E-state index is 10.9. The Labute approximate surface area is 591 Å². The fourth-order valence-corrected chi connectivity index (χ4v) is 33.9. The minimum absolute atomic E-state index is 0.184. The zero-order valence-electron chi connectivity index (χ0n) is 67.2. The fourth-order valence-electron chi connectivity index (χ4n) is 12.9. The molecule has 95 heavy (non-hydrogen) atoms. The van der Waals surface area contributed by atoms with Crippen molar-refractivity contribution in [3.8, 4) is 28.7 Å². The summed E-state index contributed by atoms with van der Waals surface area (Å²) in [5, 5.41) is 21.9. The van der Waals surface area contributed by atoms with Crippen LogP contribution >= 0.6 is 31.7 Å². The summed E-state index contributed by atoms with van der Waals surface area (Å²) in [7, 11) is 0.528. The van der Waals surface area contributed by atoms with Crippen molar-refractivity contribution in [3.05, 3.63) is 109 Å². The van der Waals surface area contributed by atoms with Gasteiger partial charge in [0.1, 0.15) is 28.7 Å². The lowest BCUT2D eigenvalue weighted by Gasteiger charge is -2.43. The Kier molecular flexibility index (Phi) is 35.5. The van der Waals surface area contributed by atoms with Gasteiger partial charge in [-0.25, -0.2) is 0 Å². The van der Waals surface area contributed by atoms with Crippen LogP contribution < -0.4 is 55.7 Å². The van der Waals surface area contributed by atoms with Crippen molar-refractivity contribution in [3.63, 3.8) is 0 Å². The molecule has 0 bridgehead atoms. The summed E-state index contributed by atoms with van der Waals surface area (Å²) in [4.78, 5) is 0. The Bertz CT molecular complexity index is 2870. The van der Waals surface area contributed by atoms with Crippen molar-refractivity contribution in [1.82, 2.24) is 0 Å². The van der Waals surface area contributed by atoms with E-state index in [0.717, 1.165) is 23.0 Å². The highest BCUT2D eigenvalue weighted by atomic mass is 31.1. The predicted molar refractivity (Wildman–Crippen MR) is 437 cm³/mol. The highest BCUT2D eigenvalue weighted by Gasteiger charge is 2.42. The van der Waals surface area contributed by atoms with Crippen LogP contribution in [0.3, 0.4) is 0 Å². The number of ether oxygens (including phenoxy) is 8. The average molecular weight is 1440 g/mol. The van der Waals surface area contributed by atoms with E-state index in [4.69, 9.17) is 37.9 Å². The van der Waals surface area contributed by atoms with Gasteiger partial charge in [-0.2, -0.15) is 0 Å². The third-order valence-electron chi connectivity index (χ3n) is 14.7. The molecule has 0 atom stereocenters. The van der Waals surface area contributed by atoms with Gasteiger partial charge in [0.05, 0.1) is 24.2 Å². The second kappa shape index (κ2) is 37.3. The Hall–Kier alpha value is -2.69. The first-order chi connectivity index (χ1) is 43.0. The highest BCUT2D eigenvalue weighted by molar-refractivity contribution is 7.70. The monoisotopic (exact) mass is 1440 g/mol. The van der Waals surface area contributed by atoms with Gasteiger partial charge >= 0.3 is 0 Å². The molecular formula is C79H138O9P4Si3. The maximum atomic E-state index is 10.9. The van der Waals surface area contributed by atoms with Gasteiger partial charge in [0.25, 0.3) is 0 Å². The molecule has 0 unspecified atom stereocenters. The molecule has 0 saturated heterocycles. The molecule has 5 aromatic rings. The van der Waals surface area contributed by atoms with E-state index in [1.807, 2.05) is 42.5 Å². The average Bonchev–Trinajstić information content (AvgIpc) is 0.790. The molecule has 540 valence electrons. The predicted octanol–water partition coefficient (Wildman–Crippen LogP) is 20.5. The van der Waals surface area contributed by atoms with E-state index in [-0.39, 0.29) is 49.2 Å². The summed E-state index contributed by atoms with van der Waals surface area (Å²) in [5.74, 6) is 4.54. The Balaban J connectivity index is 0.000000605. The summed E-state index contributed by atoms with van der Waals surface area (Å²) in [5.41, 5.74) is 0. The number of aromatic hydroxyl groups is 1. The van der Waals surface area contributed by atoms with Crippen molar-refractivity contribution in [2.45, 2.75) is 266 Å². The van der Waals surface area contributed by atoms with E-state index in [2.05, 4.69) is 292 Å². The summed E-state index contributed by atoms with van der Waals surface area (Å²) in [6.45, 7) is 78.3. The topological polar surface area (TPSA) is 94.1 Å². The lowest BCUT2D eigenvalue weighted by Crippen LogP contribution is -2.42. The molecule has 0 aliphatic carbocycles. The largest absolute Gasteiger partial charge is 0.507 e. The van der Waals surface area contributed by atoms with Crippen LogP contribution in [0.2, 0.25) is 58.9 Å². The van der Waals surface area contributed by atoms with Gasteiger partial charge in [0, 0.05) is 49.7 Å². The smallest absolute Gasteiger partial charge is 0.188 e. The van der Waals surface area contributed by atoms with Crippen molar-refractivity contribution in [2.24, 2.45) is 0 Å². The van der Waals surface area contributed by atoms with Crippen LogP contribution in [0.25, 0.3) is 0 Å². The molecule has 0 fully saturated rings. The summed E-state index contributed by atoms with van der Waals surface area (Å²) >= 11 is 0. The lowest BCUT2D eigenvalue weighted by atomic mass is 10.2. The number of para-hydroxylation sites is 5. The second-order valence-corrected chi connectivity index (χ2v) is 65.9. The highest BCUT2D eigenvalue weighted by Crippen LogP contribution is 2.62. The molecule has 0 spiro atoms. The van der Waals surface area contributed by atoms with E-state index < -0.39 is 48.0 Å². The SMILES string of the molecule is CC(C)(C)P(c1cccc([Si](C)(C)C)c1O)C(C)(C)C.COCOc1c(P(C(C)(C)C)C(C)(C)C)cccc1[Si](C)(C)C.COCOc1c(P(C(C)(C)C)C(C)(C)C)cccc1[Si](C)(C)C.COCOc1ccccc1.COCOc1ccccc1P(C(C)(C)C)C(C)(C)C. The normalized spacial score (nSPS) is 13.0. The molecule has 9 nitrogen and oxygen atoms in total. The number of phenols is 1. The number of rotatable bonds is 19. The molecule has 0 aromatic heterocycles. The van der Waals surface area contributed by atoms with Gasteiger partial charge in [-0.1, -0.05) is 348 Å². The number of benzene rings is 5. The Morgan fingerprint density at radius 2 is 0.537 bits per heavy atom. The minimum atomic E-state index is -1.51. The molecule has 0 radical (unpaired) electrons. The van der Waals surface area contributed by atoms with E-state index in [9.17, 15) is 5.11 Å². The molecule has 5 rings (SSSR count). The molecular weight excluding hydrogens is 1300 g/mol. The molecule has 0 aliphatic rings.